The van der Waals surface area contributed by atoms with E-state index >= 15 is 0 Å². The van der Waals surface area contributed by atoms with Gasteiger partial charge >= 0.3 is 12.0 Å². The minimum absolute atomic E-state index is 0.179. The van der Waals surface area contributed by atoms with Crippen LogP contribution in [0, 0.1) is 11.8 Å². The van der Waals surface area contributed by atoms with Crippen molar-refractivity contribution in [2.24, 2.45) is 11.8 Å². The summed E-state index contributed by atoms with van der Waals surface area (Å²) in [6, 6.07) is -0.273. The zero-order valence-corrected chi connectivity index (χ0v) is 13.2. The summed E-state index contributed by atoms with van der Waals surface area (Å²) in [6.07, 6.45) is 1.38. The Hall–Kier alpha value is -1.67. The number of thiazole rings is 1. The second kappa shape index (κ2) is 6.21. The van der Waals surface area contributed by atoms with Crippen molar-refractivity contribution < 1.29 is 19.4 Å². The highest BCUT2D eigenvalue weighted by Crippen LogP contribution is 2.28. The van der Waals surface area contributed by atoms with Gasteiger partial charge in [0.05, 0.1) is 29.7 Å². The molecular weight excluding hydrogens is 306 g/mol. The number of carbonyl (C=O) groups is 2. The molecule has 2 amide bonds. The van der Waals surface area contributed by atoms with Crippen molar-refractivity contribution in [3.63, 3.8) is 0 Å². The summed E-state index contributed by atoms with van der Waals surface area (Å²) in [6.45, 7) is 4.00. The summed E-state index contributed by atoms with van der Waals surface area (Å²) >= 11 is 1.42. The van der Waals surface area contributed by atoms with Gasteiger partial charge in [-0.1, -0.05) is 18.3 Å². The first-order valence-electron chi connectivity index (χ1n) is 7.38. The van der Waals surface area contributed by atoms with Crippen molar-refractivity contribution in [3.8, 4) is 0 Å². The lowest BCUT2D eigenvalue weighted by Crippen LogP contribution is -2.47. The Balaban J connectivity index is 1.66. The van der Waals surface area contributed by atoms with Gasteiger partial charge in [0.2, 0.25) is 0 Å². The van der Waals surface area contributed by atoms with Gasteiger partial charge in [0, 0.05) is 19.5 Å². The number of urea groups is 1. The van der Waals surface area contributed by atoms with Gasteiger partial charge in [-0.3, -0.25) is 10.1 Å². The number of aliphatic carboxylic acids is 1. The maximum atomic E-state index is 12.4. The normalized spacial score (nSPS) is 24.7. The first-order chi connectivity index (χ1) is 10.5. The van der Waals surface area contributed by atoms with E-state index in [1.807, 2.05) is 6.92 Å². The fourth-order valence-electron chi connectivity index (χ4n) is 2.95. The van der Waals surface area contributed by atoms with Crippen LogP contribution in [0.2, 0.25) is 0 Å². The third kappa shape index (κ3) is 3.22. The predicted molar refractivity (Wildman–Crippen MR) is 81.0 cm³/mol. The number of amides is 2. The van der Waals surface area contributed by atoms with Crippen LogP contribution in [0.15, 0.2) is 0 Å². The molecule has 0 spiro atoms. The molecule has 2 N–H and O–H groups in total. The lowest BCUT2D eigenvalue weighted by Gasteiger charge is -2.34. The number of rotatable bonds is 2. The molecule has 0 aliphatic carbocycles. The van der Waals surface area contributed by atoms with Crippen LogP contribution in [0.25, 0.3) is 0 Å². The molecule has 22 heavy (non-hydrogen) atoms. The minimum Gasteiger partial charge on any atom is -0.481 e. The van der Waals surface area contributed by atoms with Crippen LogP contribution < -0.4 is 5.32 Å². The lowest BCUT2D eigenvalue weighted by atomic mass is 9.91. The molecule has 3 rings (SSSR count). The van der Waals surface area contributed by atoms with Crippen molar-refractivity contribution >= 4 is 28.5 Å². The third-order valence-electron chi connectivity index (χ3n) is 4.00. The lowest BCUT2D eigenvalue weighted by molar-refractivity contribution is -0.143. The molecule has 2 unspecified atom stereocenters. The largest absolute Gasteiger partial charge is 0.481 e. The van der Waals surface area contributed by atoms with Gasteiger partial charge in [0.25, 0.3) is 0 Å². The molecule has 2 atom stereocenters. The van der Waals surface area contributed by atoms with E-state index < -0.39 is 11.9 Å². The van der Waals surface area contributed by atoms with Crippen molar-refractivity contribution in [3.05, 3.63) is 10.6 Å². The Labute approximate surface area is 132 Å². The monoisotopic (exact) mass is 325 g/mol. The summed E-state index contributed by atoms with van der Waals surface area (Å²) in [5, 5.41) is 12.5. The molecule has 0 saturated carbocycles. The van der Waals surface area contributed by atoms with Gasteiger partial charge in [-0.15, -0.1) is 0 Å². The number of nitrogens with one attached hydrogen (secondary N) is 1. The number of likely N-dealkylation sites (tertiary alicyclic amines) is 1. The molecule has 1 fully saturated rings. The molecule has 2 aliphatic rings. The van der Waals surface area contributed by atoms with Crippen LogP contribution in [-0.2, 0) is 22.6 Å². The van der Waals surface area contributed by atoms with Crippen LogP contribution in [0.1, 0.15) is 23.9 Å². The van der Waals surface area contributed by atoms with Gasteiger partial charge in [0.15, 0.2) is 5.13 Å². The summed E-state index contributed by atoms with van der Waals surface area (Å²) < 4.78 is 5.37. The van der Waals surface area contributed by atoms with Gasteiger partial charge in [0.1, 0.15) is 0 Å². The fraction of sp³-hybridized carbons (Fsp3) is 0.643. The molecule has 2 aliphatic heterocycles. The number of carboxylic acids is 1. The number of anilines is 1. The van der Waals surface area contributed by atoms with E-state index in [-0.39, 0.29) is 18.5 Å². The molecule has 1 aromatic heterocycles. The van der Waals surface area contributed by atoms with Crippen LogP contribution in [0.4, 0.5) is 9.93 Å². The summed E-state index contributed by atoms with van der Waals surface area (Å²) in [7, 11) is 0. The fourth-order valence-corrected chi connectivity index (χ4v) is 3.88. The van der Waals surface area contributed by atoms with Crippen LogP contribution >= 0.6 is 11.3 Å². The van der Waals surface area contributed by atoms with Crippen molar-refractivity contribution in [2.45, 2.75) is 26.4 Å². The highest BCUT2D eigenvalue weighted by atomic mass is 32.1. The number of hydrogen-bond donors (Lipinski definition) is 2. The average Bonchev–Trinajstić information content (AvgIpc) is 2.88. The smallest absolute Gasteiger partial charge is 0.323 e. The third-order valence-corrected chi connectivity index (χ3v) is 4.99. The van der Waals surface area contributed by atoms with E-state index in [4.69, 9.17) is 4.74 Å². The molecule has 3 heterocycles. The molecule has 1 saturated heterocycles. The van der Waals surface area contributed by atoms with Crippen molar-refractivity contribution in [1.29, 1.82) is 0 Å². The van der Waals surface area contributed by atoms with E-state index in [2.05, 4.69) is 10.3 Å². The van der Waals surface area contributed by atoms with Crippen LogP contribution in [0.3, 0.4) is 0 Å². The van der Waals surface area contributed by atoms with Gasteiger partial charge in [-0.2, -0.15) is 0 Å². The number of piperidine rings is 1. The molecular formula is C14H19N3O4S. The Bertz CT molecular complexity index is 565. The number of fused-ring (bicyclic) bond motifs is 1. The van der Waals surface area contributed by atoms with Crippen molar-refractivity contribution in [2.75, 3.05) is 25.0 Å². The summed E-state index contributed by atoms with van der Waals surface area (Å²) in [5.74, 6) is -1.16. The quantitative estimate of drug-likeness (QED) is 0.865. The second-order valence-electron chi connectivity index (χ2n) is 5.90. The van der Waals surface area contributed by atoms with E-state index in [0.717, 1.165) is 17.0 Å². The Morgan fingerprint density at radius 2 is 2.27 bits per heavy atom. The second-order valence-corrected chi connectivity index (χ2v) is 6.99. The predicted octanol–water partition coefficient (Wildman–Crippen LogP) is 1.79. The van der Waals surface area contributed by atoms with Crippen LogP contribution in [0.5, 0.6) is 0 Å². The average molecular weight is 325 g/mol. The Morgan fingerprint density at radius 1 is 1.45 bits per heavy atom. The van der Waals surface area contributed by atoms with Crippen LogP contribution in [-0.4, -0.2) is 46.7 Å². The molecule has 0 radical (unpaired) electrons. The van der Waals surface area contributed by atoms with E-state index in [9.17, 15) is 14.7 Å². The number of aromatic nitrogens is 1. The van der Waals surface area contributed by atoms with E-state index in [1.165, 1.54) is 11.3 Å². The Morgan fingerprint density at radius 3 is 3.00 bits per heavy atom. The summed E-state index contributed by atoms with van der Waals surface area (Å²) in [5.41, 5.74) is 0.988. The number of carbonyl (C=O) groups excluding carboxylic acids is 1. The highest BCUT2D eigenvalue weighted by molar-refractivity contribution is 7.15. The number of ether oxygens (including phenoxy) is 1. The zero-order valence-electron chi connectivity index (χ0n) is 12.4. The maximum absolute atomic E-state index is 12.4. The molecule has 0 aromatic carbocycles. The number of nitrogens with zero attached hydrogens (tertiary/aromatic N) is 2. The number of carboxylic acid groups (broad SMARTS) is 1. The molecule has 0 bridgehead atoms. The summed E-state index contributed by atoms with van der Waals surface area (Å²) in [4.78, 5) is 30.6. The highest BCUT2D eigenvalue weighted by Gasteiger charge is 2.32. The number of hydrogen-bond acceptors (Lipinski definition) is 5. The van der Waals surface area contributed by atoms with Gasteiger partial charge in [-0.25, -0.2) is 9.78 Å². The van der Waals surface area contributed by atoms with E-state index in [0.29, 0.717) is 31.3 Å². The zero-order chi connectivity index (χ0) is 15.7. The molecule has 120 valence electrons. The SMILES string of the molecule is CC1CC(C(=O)O)CN(C(=O)Nc2nc3c(s2)COCC3)C1. The van der Waals surface area contributed by atoms with E-state index in [1.54, 1.807) is 4.90 Å². The first-order valence-corrected chi connectivity index (χ1v) is 8.19. The minimum atomic E-state index is -0.841. The standard InChI is InChI=1S/C14H19N3O4S/c1-8-4-9(12(18)19)6-17(5-8)14(20)16-13-15-10-2-3-21-7-11(10)22-13/h8-9H,2-7H2,1H3,(H,18,19)(H,15,16,20). The Kier molecular flexibility index (Phi) is 4.30. The molecule has 7 nitrogen and oxygen atoms in total. The maximum Gasteiger partial charge on any atom is 0.323 e. The topological polar surface area (TPSA) is 91.8 Å². The molecule has 1 aromatic rings. The van der Waals surface area contributed by atoms with Gasteiger partial charge in [-0.05, 0) is 12.3 Å². The van der Waals surface area contributed by atoms with Gasteiger partial charge < -0.3 is 14.7 Å². The molecule has 8 heteroatoms. The first kappa shape index (κ1) is 15.2. The van der Waals surface area contributed by atoms with Crippen molar-refractivity contribution in [1.82, 2.24) is 9.88 Å².